The second-order valence-corrected chi connectivity index (χ2v) is 8.41. The Balaban J connectivity index is 1.47. The molecule has 0 saturated heterocycles. The normalized spacial score (nSPS) is 11.3. The summed E-state index contributed by atoms with van der Waals surface area (Å²) in [5, 5.41) is 12.2. The number of methoxy groups -OCH3 is 1. The van der Waals surface area contributed by atoms with Crippen molar-refractivity contribution in [2.45, 2.75) is 20.4 Å². The molecule has 3 heterocycles. The lowest BCUT2D eigenvalue weighted by Crippen LogP contribution is -2.28. The van der Waals surface area contributed by atoms with Crippen molar-refractivity contribution >= 4 is 34.4 Å². The number of aryl methyl sites for hydroxylation is 2. The van der Waals surface area contributed by atoms with Gasteiger partial charge in [0.15, 0.2) is 5.65 Å². The SMILES string of the molecule is COc1ccc(NC(=O)Cn2nc3c4cc(-c5cc(C)ccc5C)nn4ccn3c2=O)cc1Cl. The van der Waals surface area contributed by atoms with Gasteiger partial charge in [-0.25, -0.2) is 18.4 Å². The van der Waals surface area contributed by atoms with E-state index in [4.69, 9.17) is 16.3 Å². The molecule has 0 fully saturated rings. The maximum atomic E-state index is 12.9. The van der Waals surface area contributed by atoms with Gasteiger partial charge in [0.2, 0.25) is 5.91 Å². The Morgan fingerprint density at radius 2 is 1.91 bits per heavy atom. The lowest BCUT2D eigenvalue weighted by atomic mass is 10.0. The molecule has 1 amide bonds. The number of anilines is 1. The first-order valence-electron chi connectivity index (χ1n) is 10.5. The van der Waals surface area contributed by atoms with Gasteiger partial charge in [-0.3, -0.25) is 4.79 Å². The quantitative estimate of drug-likeness (QED) is 0.417. The molecule has 34 heavy (non-hydrogen) atoms. The summed E-state index contributed by atoms with van der Waals surface area (Å²) in [5.74, 6) is 0.0913. The van der Waals surface area contributed by atoms with Crippen molar-refractivity contribution in [2.24, 2.45) is 0 Å². The average Bonchev–Trinajstić information content (AvgIpc) is 3.37. The molecule has 9 nitrogen and oxygen atoms in total. The first-order chi connectivity index (χ1) is 16.3. The zero-order valence-corrected chi connectivity index (χ0v) is 19.5. The summed E-state index contributed by atoms with van der Waals surface area (Å²) in [7, 11) is 1.51. The predicted molar refractivity (Wildman–Crippen MR) is 130 cm³/mol. The van der Waals surface area contributed by atoms with Crippen molar-refractivity contribution in [3.05, 3.63) is 81.5 Å². The van der Waals surface area contributed by atoms with Gasteiger partial charge in [0.05, 0.1) is 17.8 Å². The summed E-state index contributed by atoms with van der Waals surface area (Å²) in [6, 6.07) is 13.0. The van der Waals surface area contributed by atoms with Crippen molar-refractivity contribution < 1.29 is 9.53 Å². The molecule has 1 N–H and O–H groups in total. The summed E-state index contributed by atoms with van der Waals surface area (Å²) in [4.78, 5) is 25.5. The van der Waals surface area contributed by atoms with Gasteiger partial charge in [0, 0.05) is 23.6 Å². The van der Waals surface area contributed by atoms with Crippen LogP contribution in [-0.4, -0.2) is 36.8 Å². The van der Waals surface area contributed by atoms with Gasteiger partial charge in [-0.2, -0.15) is 5.10 Å². The van der Waals surface area contributed by atoms with Crippen molar-refractivity contribution in [3.8, 4) is 17.0 Å². The highest BCUT2D eigenvalue weighted by atomic mass is 35.5. The Morgan fingerprint density at radius 1 is 1.09 bits per heavy atom. The first-order valence-corrected chi connectivity index (χ1v) is 10.9. The number of nitrogens with one attached hydrogen (secondary N) is 1. The number of carbonyl (C=O) groups is 1. The number of nitrogens with zero attached hydrogens (tertiary/aromatic N) is 5. The van der Waals surface area contributed by atoms with E-state index in [0.717, 1.165) is 27.1 Å². The number of ether oxygens (including phenoxy) is 1. The van der Waals surface area contributed by atoms with Crippen LogP contribution in [0.15, 0.2) is 59.7 Å². The highest BCUT2D eigenvalue weighted by molar-refractivity contribution is 6.32. The van der Waals surface area contributed by atoms with E-state index in [0.29, 0.717) is 27.6 Å². The lowest BCUT2D eigenvalue weighted by Gasteiger charge is -2.07. The standard InChI is InChI=1S/C24H21ClN6O3/c1-14-4-5-15(2)17(10-14)19-12-20-23-28-31(24(33)29(23)8-9-30(20)27-19)13-22(32)26-16-6-7-21(34-3)18(25)11-16/h4-12H,13H2,1-3H3,(H,26,32). The van der Waals surface area contributed by atoms with E-state index in [9.17, 15) is 9.59 Å². The summed E-state index contributed by atoms with van der Waals surface area (Å²) in [5.41, 5.74) is 5.18. The smallest absolute Gasteiger partial charge is 0.350 e. The molecule has 172 valence electrons. The highest BCUT2D eigenvalue weighted by Gasteiger charge is 2.16. The number of hydrogen-bond donors (Lipinski definition) is 1. The zero-order valence-electron chi connectivity index (χ0n) is 18.7. The van der Waals surface area contributed by atoms with Crippen LogP contribution in [0.25, 0.3) is 22.4 Å². The van der Waals surface area contributed by atoms with Gasteiger partial charge in [0.1, 0.15) is 17.8 Å². The van der Waals surface area contributed by atoms with E-state index in [-0.39, 0.29) is 6.54 Å². The van der Waals surface area contributed by atoms with Gasteiger partial charge >= 0.3 is 5.69 Å². The topological polar surface area (TPSA) is 94.9 Å². The molecule has 0 unspecified atom stereocenters. The molecule has 0 aliphatic rings. The van der Waals surface area contributed by atoms with E-state index >= 15 is 0 Å². The van der Waals surface area contributed by atoms with E-state index in [1.165, 1.54) is 11.5 Å². The van der Waals surface area contributed by atoms with E-state index in [1.807, 2.05) is 19.9 Å². The number of carbonyl (C=O) groups excluding carboxylic acids is 1. The molecule has 2 aromatic carbocycles. The van der Waals surface area contributed by atoms with Gasteiger partial charge in [-0.1, -0.05) is 29.3 Å². The Labute approximate surface area is 199 Å². The fourth-order valence-electron chi connectivity index (χ4n) is 3.86. The third kappa shape index (κ3) is 3.80. The summed E-state index contributed by atoms with van der Waals surface area (Å²) >= 11 is 6.12. The molecule has 0 atom stereocenters. The maximum Gasteiger partial charge on any atom is 0.350 e. The third-order valence-corrected chi connectivity index (χ3v) is 5.89. The Bertz CT molecular complexity index is 1630. The van der Waals surface area contributed by atoms with Crippen LogP contribution in [0.1, 0.15) is 11.1 Å². The molecule has 5 rings (SSSR count). The second kappa shape index (κ2) is 8.35. The van der Waals surface area contributed by atoms with Crippen LogP contribution in [0.5, 0.6) is 5.75 Å². The van der Waals surface area contributed by atoms with E-state index in [2.05, 4.69) is 33.7 Å². The van der Waals surface area contributed by atoms with E-state index in [1.54, 1.807) is 35.1 Å². The minimum Gasteiger partial charge on any atom is -0.495 e. The molecule has 0 aliphatic heterocycles. The van der Waals surface area contributed by atoms with Crippen molar-refractivity contribution in [2.75, 3.05) is 12.4 Å². The van der Waals surface area contributed by atoms with Crippen LogP contribution < -0.4 is 15.7 Å². The summed E-state index contributed by atoms with van der Waals surface area (Å²) in [6.07, 6.45) is 3.29. The average molecular weight is 477 g/mol. The monoisotopic (exact) mass is 476 g/mol. The largest absolute Gasteiger partial charge is 0.495 e. The van der Waals surface area contributed by atoms with Crippen molar-refractivity contribution in [3.63, 3.8) is 0 Å². The maximum absolute atomic E-state index is 12.9. The van der Waals surface area contributed by atoms with Gasteiger partial charge < -0.3 is 10.1 Å². The fourth-order valence-corrected chi connectivity index (χ4v) is 4.12. The Morgan fingerprint density at radius 3 is 2.68 bits per heavy atom. The molecule has 10 heteroatoms. The fraction of sp³-hybridized carbons (Fsp3) is 0.167. The van der Waals surface area contributed by atoms with Gasteiger partial charge in [-0.05, 0) is 49.7 Å². The van der Waals surface area contributed by atoms with E-state index < -0.39 is 11.6 Å². The van der Waals surface area contributed by atoms with Crippen LogP contribution in [0.3, 0.4) is 0 Å². The molecule has 0 saturated carbocycles. The van der Waals surface area contributed by atoms with Crippen LogP contribution in [-0.2, 0) is 11.3 Å². The Hall–Kier alpha value is -4.11. The molecular formula is C24H21ClN6O3. The summed E-state index contributed by atoms with van der Waals surface area (Å²) in [6.45, 7) is 3.81. The first kappa shape index (κ1) is 21.7. The molecule has 3 aromatic heterocycles. The van der Waals surface area contributed by atoms with Crippen LogP contribution in [0, 0.1) is 13.8 Å². The van der Waals surface area contributed by atoms with Crippen LogP contribution in [0.2, 0.25) is 5.02 Å². The number of aromatic nitrogens is 5. The predicted octanol–water partition coefficient (Wildman–Crippen LogP) is 3.73. The third-order valence-electron chi connectivity index (χ3n) is 5.59. The molecule has 0 spiro atoms. The lowest BCUT2D eigenvalue weighted by molar-refractivity contribution is -0.117. The number of halogens is 1. The Kier molecular flexibility index (Phi) is 5.33. The van der Waals surface area contributed by atoms with Gasteiger partial charge in [0.25, 0.3) is 0 Å². The number of rotatable bonds is 5. The van der Waals surface area contributed by atoms with Gasteiger partial charge in [-0.15, -0.1) is 5.10 Å². The summed E-state index contributed by atoms with van der Waals surface area (Å²) < 4.78 is 9.33. The number of amides is 1. The molecule has 0 bridgehead atoms. The zero-order chi connectivity index (χ0) is 24.0. The van der Waals surface area contributed by atoms with Crippen LogP contribution >= 0.6 is 11.6 Å². The highest BCUT2D eigenvalue weighted by Crippen LogP contribution is 2.27. The molecular weight excluding hydrogens is 456 g/mol. The van der Waals surface area contributed by atoms with Crippen molar-refractivity contribution in [1.29, 1.82) is 0 Å². The number of fused-ring (bicyclic) bond motifs is 3. The van der Waals surface area contributed by atoms with Crippen LogP contribution in [0.4, 0.5) is 5.69 Å². The molecule has 0 aliphatic carbocycles. The minimum atomic E-state index is -0.421. The molecule has 5 aromatic rings. The second-order valence-electron chi connectivity index (χ2n) is 8.01. The van der Waals surface area contributed by atoms with Crippen molar-refractivity contribution in [1.82, 2.24) is 23.8 Å². The molecule has 0 radical (unpaired) electrons. The minimum absolute atomic E-state index is 0.256. The number of benzene rings is 2. The number of hydrogen-bond acceptors (Lipinski definition) is 5.